The molecule has 1 aliphatic rings. The summed E-state index contributed by atoms with van der Waals surface area (Å²) in [6.07, 6.45) is 3.29. The largest absolute Gasteiger partial charge is 0.497 e. The Morgan fingerprint density at radius 3 is 2.62 bits per heavy atom. The van der Waals surface area contributed by atoms with E-state index in [1.54, 1.807) is 31.4 Å². The van der Waals surface area contributed by atoms with E-state index in [0.29, 0.717) is 25.1 Å². The molecule has 1 saturated heterocycles. The molecule has 2 rings (SSSR count). The molecule has 1 unspecified atom stereocenters. The van der Waals surface area contributed by atoms with Gasteiger partial charge in [-0.15, -0.1) is 12.4 Å². The zero-order valence-corrected chi connectivity index (χ0v) is 14.8. The lowest BCUT2D eigenvalue weighted by molar-refractivity contribution is -0.121. The number of nitrogens with zero attached hydrogens (tertiary/aromatic N) is 1. The summed E-state index contributed by atoms with van der Waals surface area (Å²) in [5.74, 6) is 0.672. The van der Waals surface area contributed by atoms with Gasteiger partial charge in [0.15, 0.2) is 0 Å². The van der Waals surface area contributed by atoms with Crippen molar-refractivity contribution in [2.45, 2.75) is 31.7 Å². The summed E-state index contributed by atoms with van der Waals surface area (Å²) in [6, 6.07) is 7.17. The maximum absolute atomic E-state index is 12.7. The zero-order chi connectivity index (χ0) is 16.7. The van der Waals surface area contributed by atoms with Gasteiger partial charge in [-0.3, -0.25) is 9.59 Å². The lowest BCUT2D eigenvalue weighted by Crippen LogP contribution is -2.49. The number of benzene rings is 1. The maximum Gasteiger partial charge on any atom is 0.254 e. The van der Waals surface area contributed by atoms with Crippen LogP contribution in [0.5, 0.6) is 5.75 Å². The van der Waals surface area contributed by atoms with Gasteiger partial charge in [0.25, 0.3) is 5.91 Å². The monoisotopic (exact) mass is 355 g/mol. The average Bonchev–Trinajstić information content (AvgIpc) is 2.60. The van der Waals surface area contributed by atoms with E-state index in [0.717, 1.165) is 31.6 Å². The van der Waals surface area contributed by atoms with Gasteiger partial charge in [-0.25, -0.2) is 0 Å². The predicted octanol–water partition coefficient (Wildman–Crippen LogP) is 1.58. The fraction of sp³-hybridized carbons (Fsp3) is 0.529. The van der Waals surface area contributed by atoms with Crippen LogP contribution in [0.25, 0.3) is 0 Å². The van der Waals surface area contributed by atoms with Crippen molar-refractivity contribution in [1.82, 2.24) is 10.2 Å². The maximum atomic E-state index is 12.7. The van der Waals surface area contributed by atoms with Gasteiger partial charge in [-0.2, -0.15) is 0 Å². The quantitative estimate of drug-likeness (QED) is 0.811. The van der Waals surface area contributed by atoms with Gasteiger partial charge >= 0.3 is 0 Å². The third kappa shape index (κ3) is 5.39. The Kier molecular flexibility index (Phi) is 8.57. The molecule has 134 valence electrons. The van der Waals surface area contributed by atoms with Gasteiger partial charge in [0.1, 0.15) is 5.75 Å². The molecule has 0 bridgehead atoms. The second-order valence-corrected chi connectivity index (χ2v) is 5.72. The van der Waals surface area contributed by atoms with Gasteiger partial charge < -0.3 is 20.7 Å². The Labute approximate surface area is 149 Å². The Bertz CT molecular complexity index is 536. The molecular weight excluding hydrogens is 330 g/mol. The zero-order valence-electron chi connectivity index (χ0n) is 14.0. The summed E-state index contributed by atoms with van der Waals surface area (Å²) in [7, 11) is 1.60. The van der Waals surface area contributed by atoms with Crippen LogP contribution in [0.2, 0.25) is 0 Å². The van der Waals surface area contributed by atoms with Crippen LogP contribution in [0.1, 0.15) is 36.0 Å². The summed E-state index contributed by atoms with van der Waals surface area (Å²) >= 11 is 0. The average molecular weight is 356 g/mol. The van der Waals surface area contributed by atoms with Gasteiger partial charge in [0.2, 0.25) is 5.91 Å². The number of halogens is 1. The van der Waals surface area contributed by atoms with E-state index in [1.165, 1.54) is 0 Å². The summed E-state index contributed by atoms with van der Waals surface area (Å²) in [4.78, 5) is 26.2. The lowest BCUT2D eigenvalue weighted by atomic mass is 10.0. The topological polar surface area (TPSA) is 84.7 Å². The van der Waals surface area contributed by atoms with Crippen molar-refractivity contribution >= 4 is 24.2 Å². The summed E-state index contributed by atoms with van der Waals surface area (Å²) in [6.45, 7) is 1.55. The van der Waals surface area contributed by atoms with Crippen LogP contribution in [0.15, 0.2) is 24.3 Å². The number of hydrogen-bond donors (Lipinski definition) is 2. The molecule has 3 N–H and O–H groups in total. The van der Waals surface area contributed by atoms with Crippen molar-refractivity contribution in [3.05, 3.63) is 29.8 Å². The van der Waals surface area contributed by atoms with Crippen molar-refractivity contribution in [2.24, 2.45) is 5.73 Å². The van der Waals surface area contributed by atoms with Crippen molar-refractivity contribution < 1.29 is 14.3 Å². The van der Waals surface area contributed by atoms with Gasteiger partial charge in [0.05, 0.1) is 7.11 Å². The molecule has 0 aromatic heterocycles. The minimum Gasteiger partial charge on any atom is -0.497 e. The highest BCUT2D eigenvalue weighted by molar-refractivity contribution is 5.94. The van der Waals surface area contributed by atoms with Gasteiger partial charge in [-0.1, -0.05) is 0 Å². The second kappa shape index (κ2) is 10.2. The first-order chi connectivity index (χ1) is 11.2. The fourth-order valence-corrected chi connectivity index (χ4v) is 2.83. The first kappa shape index (κ1) is 20.3. The summed E-state index contributed by atoms with van der Waals surface area (Å²) in [5, 5.41) is 2.88. The van der Waals surface area contributed by atoms with Crippen LogP contribution >= 0.6 is 12.4 Å². The Morgan fingerprint density at radius 1 is 1.29 bits per heavy atom. The van der Waals surface area contributed by atoms with E-state index in [4.69, 9.17) is 10.5 Å². The molecule has 6 nitrogen and oxygen atoms in total. The van der Waals surface area contributed by atoms with E-state index in [2.05, 4.69) is 5.32 Å². The third-order valence-electron chi connectivity index (χ3n) is 4.13. The molecule has 0 aliphatic carbocycles. The number of methoxy groups -OCH3 is 1. The molecule has 1 heterocycles. The molecule has 1 aromatic carbocycles. The van der Waals surface area contributed by atoms with Gasteiger partial charge in [0, 0.05) is 37.7 Å². The summed E-state index contributed by atoms with van der Waals surface area (Å²) in [5.41, 5.74) is 6.02. The minimum atomic E-state index is -0.0603. The summed E-state index contributed by atoms with van der Waals surface area (Å²) < 4.78 is 5.12. The minimum absolute atomic E-state index is 0. The molecule has 1 atom stereocenters. The number of nitrogens with two attached hydrogens (primary N) is 1. The molecule has 0 radical (unpaired) electrons. The van der Waals surface area contributed by atoms with Crippen LogP contribution in [-0.4, -0.2) is 49.5 Å². The molecule has 1 aromatic rings. The molecule has 24 heavy (non-hydrogen) atoms. The number of piperidine rings is 1. The van der Waals surface area contributed by atoms with Crippen molar-refractivity contribution in [3.8, 4) is 5.75 Å². The smallest absolute Gasteiger partial charge is 0.254 e. The van der Waals surface area contributed by atoms with Crippen LogP contribution in [0, 0.1) is 0 Å². The number of carbonyl (C=O) groups excluding carboxylic acids is 2. The molecule has 1 fully saturated rings. The van der Waals surface area contributed by atoms with Gasteiger partial charge in [-0.05, 0) is 43.5 Å². The third-order valence-corrected chi connectivity index (χ3v) is 4.13. The van der Waals surface area contributed by atoms with E-state index < -0.39 is 0 Å². The van der Waals surface area contributed by atoms with E-state index in [1.807, 2.05) is 4.90 Å². The molecule has 2 amide bonds. The van der Waals surface area contributed by atoms with Crippen LogP contribution in [0.4, 0.5) is 0 Å². The van der Waals surface area contributed by atoms with Crippen LogP contribution in [-0.2, 0) is 4.79 Å². The van der Waals surface area contributed by atoms with Crippen molar-refractivity contribution in [1.29, 1.82) is 0 Å². The number of nitrogens with one attached hydrogen (secondary N) is 1. The normalized spacial score (nSPS) is 16.9. The standard InChI is InChI=1S/C17H25N3O3.ClH/c1-23-15-7-5-13(6-8-15)17(22)20-11-3-2-4-14(20)12-19-16(21)9-10-18;/h5-8,14H,2-4,9-12,18H2,1H3,(H,19,21);1H. The number of hydrogen-bond acceptors (Lipinski definition) is 4. The molecule has 7 heteroatoms. The molecule has 1 aliphatic heterocycles. The highest BCUT2D eigenvalue weighted by atomic mass is 35.5. The number of ether oxygens (including phenoxy) is 1. The molecule has 0 spiro atoms. The number of likely N-dealkylation sites (tertiary alicyclic amines) is 1. The Hall–Kier alpha value is -1.79. The highest BCUT2D eigenvalue weighted by Crippen LogP contribution is 2.20. The van der Waals surface area contributed by atoms with Crippen LogP contribution in [0.3, 0.4) is 0 Å². The Morgan fingerprint density at radius 2 is 2.00 bits per heavy atom. The molecule has 0 saturated carbocycles. The van der Waals surface area contributed by atoms with Crippen LogP contribution < -0.4 is 15.8 Å². The lowest BCUT2D eigenvalue weighted by Gasteiger charge is -2.36. The number of amides is 2. The Balaban J connectivity index is 0.00000288. The van der Waals surface area contributed by atoms with E-state index in [-0.39, 0.29) is 30.3 Å². The first-order valence-electron chi connectivity index (χ1n) is 8.07. The van der Waals surface area contributed by atoms with E-state index in [9.17, 15) is 9.59 Å². The van der Waals surface area contributed by atoms with Crippen molar-refractivity contribution in [3.63, 3.8) is 0 Å². The van der Waals surface area contributed by atoms with E-state index >= 15 is 0 Å². The second-order valence-electron chi connectivity index (χ2n) is 5.72. The fourth-order valence-electron chi connectivity index (χ4n) is 2.83. The van der Waals surface area contributed by atoms with Crippen molar-refractivity contribution in [2.75, 3.05) is 26.7 Å². The SMILES string of the molecule is COc1ccc(C(=O)N2CCCCC2CNC(=O)CCN)cc1.Cl. The highest BCUT2D eigenvalue weighted by Gasteiger charge is 2.27. The molecular formula is C17H26ClN3O3. The predicted molar refractivity (Wildman–Crippen MR) is 95.6 cm³/mol. The number of rotatable bonds is 6. The number of carbonyl (C=O) groups is 2. The first-order valence-corrected chi connectivity index (χ1v) is 8.07.